The van der Waals surface area contributed by atoms with Gasteiger partial charge in [0, 0.05) is 11.3 Å². The van der Waals surface area contributed by atoms with Gasteiger partial charge in [-0.25, -0.2) is 0 Å². The average molecular weight is 384 g/mol. The number of imide groups is 1. The summed E-state index contributed by atoms with van der Waals surface area (Å²) >= 11 is 0. The Bertz CT molecular complexity index is 1050. The molecule has 0 unspecified atom stereocenters. The van der Waals surface area contributed by atoms with Crippen LogP contribution in [0.15, 0.2) is 72.8 Å². The lowest BCUT2D eigenvalue weighted by atomic mass is 10.1. The number of amides is 3. The van der Waals surface area contributed by atoms with Gasteiger partial charge in [-0.05, 0) is 53.9 Å². The van der Waals surface area contributed by atoms with Gasteiger partial charge in [0.1, 0.15) is 0 Å². The Morgan fingerprint density at radius 1 is 0.793 bits per heavy atom. The largest absolute Gasteiger partial charge is 0.322 e. The van der Waals surface area contributed by atoms with Crippen LogP contribution < -0.4 is 5.32 Å². The van der Waals surface area contributed by atoms with Crippen LogP contribution in [0.1, 0.15) is 49.1 Å². The standard InChI is InChI=1S/C24H20N2O3/c1-2-16-9-13-19(14-10-16)25-22(27)18-11-7-17(8-12-18)15-26-23(28)20-5-3-4-6-21(20)24(26)29/h3-14H,2,15H2,1H3,(H,25,27). The van der Waals surface area contributed by atoms with Gasteiger partial charge in [0.15, 0.2) is 0 Å². The summed E-state index contributed by atoms with van der Waals surface area (Å²) in [6.45, 7) is 2.25. The summed E-state index contributed by atoms with van der Waals surface area (Å²) in [5.41, 5.74) is 4.10. The van der Waals surface area contributed by atoms with E-state index in [9.17, 15) is 14.4 Å². The number of aryl methyl sites for hydroxylation is 1. The molecule has 5 nitrogen and oxygen atoms in total. The number of carbonyl (C=O) groups excluding carboxylic acids is 3. The van der Waals surface area contributed by atoms with Crippen molar-refractivity contribution in [1.82, 2.24) is 4.90 Å². The predicted molar refractivity (Wildman–Crippen MR) is 111 cm³/mol. The van der Waals surface area contributed by atoms with Gasteiger partial charge in [0.2, 0.25) is 0 Å². The van der Waals surface area contributed by atoms with Crippen LogP contribution in [0.5, 0.6) is 0 Å². The van der Waals surface area contributed by atoms with Gasteiger partial charge < -0.3 is 5.32 Å². The number of hydrogen-bond acceptors (Lipinski definition) is 3. The Hall–Kier alpha value is -3.73. The Kier molecular flexibility index (Phi) is 4.96. The van der Waals surface area contributed by atoms with Crippen LogP contribution in [0, 0.1) is 0 Å². The molecule has 0 fully saturated rings. The van der Waals surface area contributed by atoms with E-state index in [2.05, 4.69) is 12.2 Å². The first-order valence-electron chi connectivity index (χ1n) is 9.51. The minimum absolute atomic E-state index is 0.173. The van der Waals surface area contributed by atoms with E-state index in [0.29, 0.717) is 16.7 Å². The van der Waals surface area contributed by atoms with Gasteiger partial charge >= 0.3 is 0 Å². The van der Waals surface area contributed by atoms with Crippen LogP contribution in [0.2, 0.25) is 0 Å². The molecule has 144 valence electrons. The third-order valence-electron chi connectivity index (χ3n) is 5.06. The van der Waals surface area contributed by atoms with E-state index in [1.54, 1.807) is 48.5 Å². The van der Waals surface area contributed by atoms with Gasteiger partial charge in [0.25, 0.3) is 17.7 Å². The van der Waals surface area contributed by atoms with Gasteiger partial charge in [-0.2, -0.15) is 0 Å². The molecule has 3 aromatic carbocycles. The Balaban J connectivity index is 1.43. The van der Waals surface area contributed by atoms with E-state index in [-0.39, 0.29) is 24.3 Å². The summed E-state index contributed by atoms with van der Waals surface area (Å²) in [5.74, 6) is -0.785. The van der Waals surface area contributed by atoms with Gasteiger partial charge in [-0.3, -0.25) is 19.3 Å². The lowest BCUT2D eigenvalue weighted by Crippen LogP contribution is -2.29. The SMILES string of the molecule is CCc1ccc(NC(=O)c2ccc(CN3C(=O)c4ccccc4C3=O)cc2)cc1. The molecule has 0 saturated heterocycles. The zero-order chi connectivity index (χ0) is 20.4. The molecule has 1 aliphatic heterocycles. The van der Waals surface area contributed by atoms with Crippen LogP contribution in [-0.2, 0) is 13.0 Å². The molecule has 5 heteroatoms. The molecular weight excluding hydrogens is 364 g/mol. The topological polar surface area (TPSA) is 66.5 Å². The van der Waals surface area contributed by atoms with Crippen LogP contribution >= 0.6 is 0 Å². The number of hydrogen-bond donors (Lipinski definition) is 1. The molecule has 0 atom stereocenters. The summed E-state index contributed by atoms with van der Waals surface area (Å²) < 4.78 is 0. The maximum absolute atomic E-state index is 12.5. The highest BCUT2D eigenvalue weighted by Crippen LogP contribution is 2.24. The summed E-state index contributed by atoms with van der Waals surface area (Å²) in [4.78, 5) is 38.6. The van der Waals surface area contributed by atoms with Gasteiger partial charge in [-0.1, -0.05) is 43.3 Å². The monoisotopic (exact) mass is 384 g/mol. The van der Waals surface area contributed by atoms with E-state index in [1.807, 2.05) is 24.3 Å². The number of carbonyl (C=O) groups is 3. The number of benzene rings is 3. The number of nitrogens with one attached hydrogen (secondary N) is 1. The number of anilines is 1. The predicted octanol–water partition coefficient (Wildman–Crippen LogP) is 4.30. The molecule has 0 bridgehead atoms. The Morgan fingerprint density at radius 2 is 1.34 bits per heavy atom. The van der Waals surface area contributed by atoms with E-state index in [0.717, 1.165) is 17.7 Å². The van der Waals surface area contributed by atoms with Crippen LogP contribution in [0.4, 0.5) is 5.69 Å². The van der Waals surface area contributed by atoms with Crippen molar-refractivity contribution in [1.29, 1.82) is 0 Å². The third kappa shape index (κ3) is 3.67. The van der Waals surface area contributed by atoms with Crippen molar-refractivity contribution in [3.63, 3.8) is 0 Å². The van der Waals surface area contributed by atoms with E-state index < -0.39 is 0 Å². The van der Waals surface area contributed by atoms with Crippen molar-refractivity contribution in [2.24, 2.45) is 0 Å². The fourth-order valence-corrected chi connectivity index (χ4v) is 3.35. The number of nitrogens with zero attached hydrogens (tertiary/aromatic N) is 1. The van der Waals surface area contributed by atoms with Crippen molar-refractivity contribution in [2.75, 3.05) is 5.32 Å². The normalized spacial score (nSPS) is 12.8. The zero-order valence-corrected chi connectivity index (χ0v) is 16.0. The molecular formula is C24H20N2O3. The maximum Gasteiger partial charge on any atom is 0.261 e. The second-order valence-electron chi connectivity index (χ2n) is 6.94. The van der Waals surface area contributed by atoms with E-state index in [1.165, 1.54) is 10.5 Å². The highest BCUT2D eigenvalue weighted by Gasteiger charge is 2.34. The number of fused-ring (bicyclic) bond motifs is 1. The molecule has 1 N–H and O–H groups in total. The summed E-state index contributed by atoms with van der Waals surface area (Å²) in [6.07, 6.45) is 0.947. The molecule has 0 aliphatic carbocycles. The van der Waals surface area contributed by atoms with Crippen molar-refractivity contribution in [3.8, 4) is 0 Å². The van der Waals surface area contributed by atoms with Crippen molar-refractivity contribution < 1.29 is 14.4 Å². The molecule has 1 heterocycles. The van der Waals surface area contributed by atoms with E-state index in [4.69, 9.17) is 0 Å². The lowest BCUT2D eigenvalue weighted by molar-refractivity contribution is 0.0642. The smallest absolute Gasteiger partial charge is 0.261 e. The Morgan fingerprint density at radius 3 is 1.90 bits per heavy atom. The van der Waals surface area contributed by atoms with Crippen molar-refractivity contribution in [2.45, 2.75) is 19.9 Å². The third-order valence-corrected chi connectivity index (χ3v) is 5.06. The number of rotatable bonds is 5. The lowest BCUT2D eigenvalue weighted by Gasteiger charge is -2.14. The molecule has 0 aromatic heterocycles. The summed E-state index contributed by atoms with van der Waals surface area (Å²) in [5, 5.41) is 2.87. The quantitative estimate of drug-likeness (QED) is 0.667. The van der Waals surface area contributed by atoms with Gasteiger partial charge in [0.05, 0.1) is 17.7 Å². The Labute approximate surface area is 169 Å². The fraction of sp³-hybridized carbons (Fsp3) is 0.125. The van der Waals surface area contributed by atoms with Crippen molar-refractivity contribution in [3.05, 3.63) is 101 Å². The first kappa shape index (κ1) is 18.6. The molecule has 3 amide bonds. The summed E-state index contributed by atoms with van der Waals surface area (Å²) in [6, 6.07) is 21.5. The van der Waals surface area contributed by atoms with Crippen LogP contribution in [-0.4, -0.2) is 22.6 Å². The molecule has 0 radical (unpaired) electrons. The highest BCUT2D eigenvalue weighted by molar-refractivity contribution is 6.21. The molecule has 3 aromatic rings. The molecule has 0 spiro atoms. The highest BCUT2D eigenvalue weighted by atomic mass is 16.2. The first-order chi connectivity index (χ1) is 14.1. The van der Waals surface area contributed by atoms with Crippen LogP contribution in [0.3, 0.4) is 0 Å². The minimum atomic E-state index is -0.289. The summed E-state index contributed by atoms with van der Waals surface area (Å²) in [7, 11) is 0. The van der Waals surface area contributed by atoms with Crippen LogP contribution in [0.25, 0.3) is 0 Å². The van der Waals surface area contributed by atoms with E-state index >= 15 is 0 Å². The molecule has 29 heavy (non-hydrogen) atoms. The molecule has 4 rings (SSSR count). The molecule has 0 saturated carbocycles. The molecule has 1 aliphatic rings. The maximum atomic E-state index is 12.5. The van der Waals surface area contributed by atoms with Crippen molar-refractivity contribution >= 4 is 23.4 Å². The second kappa shape index (κ2) is 7.72. The average Bonchev–Trinajstić information content (AvgIpc) is 3.00. The first-order valence-corrected chi connectivity index (χ1v) is 9.51. The van der Waals surface area contributed by atoms with Gasteiger partial charge in [-0.15, -0.1) is 0 Å². The fourth-order valence-electron chi connectivity index (χ4n) is 3.35. The zero-order valence-electron chi connectivity index (χ0n) is 16.0. The second-order valence-corrected chi connectivity index (χ2v) is 6.94. The minimum Gasteiger partial charge on any atom is -0.322 e.